The molecule has 0 aromatic rings. The molecule has 0 bridgehead atoms. The van der Waals surface area contributed by atoms with Gasteiger partial charge < -0.3 is 14.7 Å². The van der Waals surface area contributed by atoms with Crippen molar-refractivity contribution in [1.82, 2.24) is 4.90 Å². The van der Waals surface area contributed by atoms with Gasteiger partial charge in [-0.1, -0.05) is 0 Å². The van der Waals surface area contributed by atoms with Crippen LogP contribution >= 0.6 is 0 Å². The molecule has 4 heteroatoms. The van der Waals surface area contributed by atoms with E-state index in [1.807, 2.05) is 6.92 Å². The van der Waals surface area contributed by atoms with Gasteiger partial charge in [-0.25, -0.2) is 4.79 Å². The molecule has 0 amide bonds. The highest BCUT2D eigenvalue weighted by Crippen LogP contribution is 2.12. The van der Waals surface area contributed by atoms with Gasteiger partial charge >= 0.3 is 5.97 Å². The summed E-state index contributed by atoms with van der Waals surface area (Å²) in [6.07, 6.45) is 3.08. The smallest absolute Gasteiger partial charge is 0.335 e. The van der Waals surface area contributed by atoms with E-state index in [0.29, 0.717) is 18.7 Å². The quantitative estimate of drug-likeness (QED) is 0.644. The normalized spacial score (nSPS) is 16.3. The summed E-state index contributed by atoms with van der Waals surface area (Å²) >= 11 is 0. The lowest BCUT2D eigenvalue weighted by atomic mass is 10.2. The predicted octanol–water partition coefficient (Wildman–Crippen LogP) is 0.821. The number of likely N-dealkylation sites (N-methyl/N-ethyl adjacent to an activating group) is 1. The third-order valence-corrected chi connectivity index (χ3v) is 1.95. The molecule has 0 saturated heterocycles. The largest absolute Gasteiger partial charge is 0.495 e. The molecule has 0 spiro atoms. The van der Waals surface area contributed by atoms with E-state index in [2.05, 4.69) is 4.74 Å². The Bertz CT molecular complexity index is 268. The number of aliphatic hydroxyl groups excluding tert-OH is 1. The van der Waals surface area contributed by atoms with Crippen LogP contribution in [0.4, 0.5) is 0 Å². The Hall–Kier alpha value is -1.45. The molecular weight excluding hydrogens is 170 g/mol. The number of nitrogens with zero attached hydrogens (tertiary/aromatic N) is 1. The molecule has 1 heterocycles. The van der Waals surface area contributed by atoms with Gasteiger partial charge in [0.25, 0.3) is 0 Å². The molecule has 1 N–H and O–H groups in total. The number of carbonyl (C=O) groups is 1. The Morgan fingerprint density at radius 3 is 2.92 bits per heavy atom. The van der Waals surface area contributed by atoms with E-state index in [-0.39, 0.29) is 11.9 Å². The van der Waals surface area contributed by atoms with Gasteiger partial charge in [-0.3, -0.25) is 0 Å². The van der Waals surface area contributed by atoms with E-state index < -0.39 is 0 Å². The third kappa shape index (κ3) is 2.02. The Kier molecular flexibility index (Phi) is 2.95. The number of carbonyl (C=O) groups excluding carboxylic acids is 1. The molecule has 72 valence electrons. The van der Waals surface area contributed by atoms with Crippen molar-refractivity contribution in [3.8, 4) is 0 Å². The molecule has 1 aliphatic heterocycles. The summed E-state index contributed by atoms with van der Waals surface area (Å²) in [5.74, 6) is -0.155. The van der Waals surface area contributed by atoms with Gasteiger partial charge in [0, 0.05) is 6.54 Å². The van der Waals surface area contributed by atoms with Crippen molar-refractivity contribution in [3.63, 3.8) is 0 Å². The minimum atomic E-state index is -0.345. The Morgan fingerprint density at radius 1 is 1.69 bits per heavy atom. The van der Waals surface area contributed by atoms with E-state index in [9.17, 15) is 9.90 Å². The fraction of sp³-hybridized carbons (Fsp3) is 0.444. The van der Waals surface area contributed by atoms with E-state index in [1.165, 1.54) is 13.2 Å². The standard InChI is InChI=1S/C9H13NO3/c1-3-10-6-7(9(12)13-2)4-5-8(10)11/h4-5,11H,3,6H2,1-2H3. The summed E-state index contributed by atoms with van der Waals surface area (Å²) in [7, 11) is 1.34. The minimum Gasteiger partial charge on any atom is -0.495 e. The summed E-state index contributed by atoms with van der Waals surface area (Å²) in [6.45, 7) is 2.98. The van der Waals surface area contributed by atoms with Crippen LogP contribution in [0.3, 0.4) is 0 Å². The van der Waals surface area contributed by atoms with Crippen molar-refractivity contribution in [2.75, 3.05) is 20.2 Å². The maximum Gasteiger partial charge on any atom is 0.335 e. The number of allylic oxidation sites excluding steroid dienone is 2. The Labute approximate surface area is 77.1 Å². The second-order valence-electron chi connectivity index (χ2n) is 2.72. The SMILES string of the molecule is CCN1CC(C(=O)OC)=CC=C1O. The third-order valence-electron chi connectivity index (χ3n) is 1.95. The van der Waals surface area contributed by atoms with Crippen LogP contribution in [0.5, 0.6) is 0 Å². The topological polar surface area (TPSA) is 49.8 Å². The van der Waals surface area contributed by atoms with Gasteiger partial charge in [0.05, 0.1) is 19.2 Å². The zero-order valence-corrected chi connectivity index (χ0v) is 7.78. The van der Waals surface area contributed by atoms with Crippen LogP contribution in [0.25, 0.3) is 0 Å². The van der Waals surface area contributed by atoms with Crippen LogP contribution in [0.15, 0.2) is 23.6 Å². The lowest BCUT2D eigenvalue weighted by Crippen LogP contribution is -2.29. The average molecular weight is 183 g/mol. The summed E-state index contributed by atoms with van der Waals surface area (Å²) in [5, 5.41) is 9.33. The summed E-state index contributed by atoms with van der Waals surface area (Å²) in [6, 6.07) is 0. The zero-order valence-electron chi connectivity index (χ0n) is 7.78. The van der Waals surface area contributed by atoms with Crippen molar-refractivity contribution in [3.05, 3.63) is 23.6 Å². The van der Waals surface area contributed by atoms with Crippen LogP contribution in [-0.2, 0) is 9.53 Å². The first-order valence-electron chi connectivity index (χ1n) is 4.12. The maximum absolute atomic E-state index is 11.1. The second kappa shape index (κ2) is 3.98. The zero-order chi connectivity index (χ0) is 9.84. The number of methoxy groups -OCH3 is 1. The van der Waals surface area contributed by atoms with Crippen molar-refractivity contribution in [1.29, 1.82) is 0 Å². The summed E-state index contributed by atoms with van der Waals surface area (Å²) in [4.78, 5) is 12.8. The molecule has 1 rings (SSSR count). The average Bonchev–Trinajstić information content (AvgIpc) is 2.17. The molecular formula is C9H13NO3. The highest BCUT2D eigenvalue weighted by molar-refractivity contribution is 5.89. The van der Waals surface area contributed by atoms with Crippen molar-refractivity contribution >= 4 is 5.97 Å². The molecule has 0 unspecified atom stereocenters. The van der Waals surface area contributed by atoms with Gasteiger partial charge in [0.1, 0.15) is 0 Å². The molecule has 0 saturated carbocycles. The van der Waals surface area contributed by atoms with Gasteiger partial charge in [0.2, 0.25) is 0 Å². The predicted molar refractivity (Wildman–Crippen MR) is 48.1 cm³/mol. The van der Waals surface area contributed by atoms with Gasteiger partial charge in [-0.2, -0.15) is 0 Å². The van der Waals surface area contributed by atoms with Gasteiger partial charge in [-0.05, 0) is 19.1 Å². The molecule has 0 aromatic heterocycles. The molecule has 1 aliphatic rings. The lowest BCUT2D eigenvalue weighted by Gasteiger charge is -2.24. The van der Waals surface area contributed by atoms with Crippen LogP contribution in [0.1, 0.15) is 6.92 Å². The van der Waals surface area contributed by atoms with Crippen LogP contribution in [0.2, 0.25) is 0 Å². The summed E-state index contributed by atoms with van der Waals surface area (Å²) in [5.41, 5.74) is 0.558. The number of ether oxygens (including phenoxy) is 1. The Balaban J connectivity index is 2.76. The minimum absolute atomic E-state index is 0.190. The van der Waals surface area contributed by atoms with E-state index >= 15 is 0 Å². The fourth-order valence-electron chi connectivity index (χ4n) is 1.16. The lowest BCUT2D eigenvalue weighted by molar-refractivity contribution is -0.136. The van der Waals surface area contributed by atoms with Crippen molar-refractivity contribution in [2.24, 2.45) is 0 Å². The maximum atomic E-state index is 11.1. The first kappa shape index (κ1) is 9.64. The number of esters is 1. The highest BCUT2D eigenvalue weighted by atomic mass is 16.5. The van der Waals surface area contributed by atoms with Crippen molar-refractivity contribution < 1.29 is 14.6 Å². The van der Waals surface area contributed by atoms with Crippen LogP contribution < -0.4 is 0 Å². The van der Waals surface area contributed by atoms with Gasteiger partial charge in [0.15, 0.2) is 5.88 Å². The number of rotatable bonds is 2. The first-order chi connectivity index (χ1) is 6.19. The van der Waals surface area contributed by atoms with Gasteiger partial charge in [-0.15, -0.1) is 0 Å². The number of hydrogen-bond donors (Lipinski definition) is 1. The molecule has 4 nitrogen and oxygen atoms in total. The molecule has 0 atom stereocenters. The molecule has 13 heavy (non-hydrogen) atoms. The molecule has 0 aromatic carbocycles. The summed E-state index contributed by atoms with van der Waals surface area (Å²) < 4.78 is 4.57. The first-order valence-corrected chi connectivity index (χ1v) is 4.12. The van der Waals surface area contributed by atoms with Crippen LogP contribution in [-0.4, -0.2) is 36.2 Å². The van der Waals surface area contributed by atoms with E-state index in [0.717, 1.165) is 0 Å². The second-order valence-corrected chi connectivity index (χ2v) is 2.72. The Morgan fingerprint density at radius 2 is 2.38 bits per heavy atom. The van der Waals surface area contributed by atoms with Crippen molar-refractivity contribution in [2.45, 2.75) is 6.92 Å². The fourth-order valence-corrected chi connectivity index (χ4v) is 1.16. The number of hydrogen-bond acceptors (Lipinski definition) is 4. The van der Waals surface area contributed by atoms with E-state index in [1.54, 1.807) is 11.0 Å². The number of aliphatic hydroxyl groups is 1. The molecule has 0 aliphatic carbocycles. The van der Waals surface area contributed by atoms with Crippen LogP contribution in [0, 0.1) is 0 Å². The van der Waals surface area contributed by atoms with E-state index in [4.69, 9.17) is 0 Å². The molecule has 0 radical (unpaired) electrons. The molecule has 0 fully saturated rings. The monoisotopic (exact) mass is 183 g/mol. The highest BCUT2D eigenvalue weighted by Gasteiger charge is 2.18.